The zero-order chi connectivity index (χ0) is 20.0. The largest absolute Gasteiger partial charge is 0.368 e. The second kappa shape index (κ2) is 6.98. The lowest BCUT2D eigenvalue weighted by Crippen LogP contribution is -2.47. The second-order valence-electron chi connectivity index (χ2n) is 7.60. The summed E-state index contributed by atoms with van der Waals surface area (Å²) >= 11 is 0. The second-order valence-corrected chi connectivity index (χ2v) is 7.60. The number of benzene rings is 1. The first-order chi connectivity index (χ1) is 14.1. The van der Waals surface area contributed by atoms with Crippen LogP contribution in [0.2, 0.25) is 0 Å². The molecule has 0 bridgehead atoms. The molecule has 1 N–H and O–H groups in total. The highest BCUT2D eigenvalue weighted by atomic mass is 19.1. The number of nitrogens with zero attached hydrogens (tertiary/aromatic N) is 5. The van der Waals surface area contributed by atoms with Crippen LogP contribution in [-0.2, 0) is 17.8 Å². The molecule has 2 aromatic heterocycles. The third-order valence-electron chi connectivity index (χ3n) is 5.95. The average Bonchev–Trinajstić information content (AvgIpc) is 3.33. The van der Waals surface area contributed by atoms with Gasteiger partial charge in [0, 0.05) is 31.4 Å². The number of piperidine rings is 1. The number of carbonyl (C=O) groups excluding carboxylic acids is 1. The maximum Gasteiger partial charge on any atom is 0.261 e. The highest BCUT2D eigenvalue weighted by Crippen LogP contribution is 2.33. The van der Waals surface area contributed by atoms with E-state index in [1.54, 1.807) is 6.07 Å². The molecule has 1 amide bonds. The lowest BCUT2D eigenvalue weighted by Gasteiger charge is -2.38. The number of aromatic amines is 1. The zero-order valence-electron chi connectivity index (χ0n) is 15.8. The summed E-state index contributed by atoms with van der Waals surface area (Å²) in [6.45, 7) is 2.31. The Morgan fingerprint density at radius 2 is 2.07 bits per heavy atom. The van der Waals surface area contributed by atoms with Crippen LogP contribution in [0.1, 0.15) is 18.4 Å². The number of carbonyl (C=O) groups is 1. The number of nitrogens with one attached hydrogen (secondary N) is 1. The molecule has 0 saturated carbocycles. The Morgan fingerprint density at radius 1 is 1.24 bits per heavy atom. The summed E-state index contributed by atoms with van der Waals surface area (Å²) in [5.41, 5.74) is 2.34. The van der Waals surface area contributed by atoms with E-state index in [-0.39, 0.29) is 23.8 Å². The number of H-pyrrole nitrogens is 1. The van der Waals surface area contributed by atoms with Crippen molar-refractivity contribution in [3.8, 4) is 0 Å². The van der Waals surface area contributed by atoms with Gasteiger partial charge in [0.05, 0.1) is 12.5 Å². The van der Waals surface area contributed by atoms with Crippen molar-refractivity contribution in [2.75, 3.05) is 24.5 Å². The molecule has 1 aromatic carbocycles. The molecule has 8 nitrogen and oxygen atoms in total. The molecule has 5 rings (SSSR count). The van der Waals surface area contributed by atoms with Crippen LogP contribution in [0.3, 0.4) is 0 Å². The van der Waals surface area contributed by atoms with Crippen LogP contribution in [-0.4, -0.2) is 56.2 Å². The van der Waals surface area contributed by atoms with Gasteiger partial charge in [-0.25, -0.2) is 14.1 Å². The highest BCUT2D eigenvalue weighted by molar-refractivity contribution is 5.79. The van der Waals surface area contributed by atoms with Gasteiger partial charge in [-0.05, 0) is 43.0 Å². The van der Waals surface area contributed by atoms with Gasteiger partial charge < -0.3 is 14.8 Å². The van der Waals surface area contributed by atoms with Gasteiger partial charge in [-0.2, -0.15) is 5.10 Å². The van der Waals surface area contributed by atoms with Gasteiger partial charge >= 0.3 is 0 Å². The van der Waals surface area contributed by atoms with E-state index in [4.69, 9.17) is 0 Å². The summed E-state index contributed by atoms with van der Waals surface area (Å²) in [7, 11) is 0. The Kier molecular flexibility index (Phi) is 4.30. The predicted molar refractivity (Wildman–Crippen MR) is 105 cm³/mol. The first-order valence-electron chi connectivity index (χ1n) is 9.82. The van der Waals surface area contributed by atoms with Crippen molar-refractivity contribution in [3.63, 3.8) is 0 Å². The van der Waals surface area contributed by atoms with Gasteiger partial charge in [-0.1, -0.05) is 0 Å². The molecule has 0 aliphatic carbocycles. The Bertz CT molecular complexity index is 1130. The van der Waals surface area contributed by atoms with E-state index in [1.807, 2.05) is 11.0 Å². The van der Waals surface area contributed by atoms with Crippen LogP contribution in [0, 0.1) is 5.82 Å². The quantitative estimate of drug-likeness (QED) is 0.721. The summed E-state index contributed by atoms with van der Waals surface area (Å²) in [5, 5.41) is 4.53. The molecule has 3 aromatic rings. The fourth-order valence-corrected chi connectivity index (χ4v) is 4.45. The van der Waals surface area contributed by atoms with Crippen molar-refractivity contribution >= 4 is 22.6 Å². The van der Waals surface area contributed by atoms with Gasteiger partial charge in [-0.15, -0.1) is 0 Å². The molecule has 0 radical (unpaired) electrons. The van der Waals surface area contributed by atoms with Crippen LogP contribution in [0.4, 0.5) is 10.1 Å². The molecule has 29 heavy (non-hydrogen) atoms. The topological polar surface area (TPSA) is 87.1 Å². The maximum absolute atomic E-state index is 13.5. The molecule has 0 atom stereocenters. The van der Waals surface area contributed by atoms with Gasteiger partial charge in [0.1, 0.15) is 17.7 Å². The Balaban J connectivity index is 1.24. The summed E-state index contributed by atoms with van der Waals surface area (Å²) in [6, 6.07) is 5.37. The lowest BCUT2D eigenvalue weighted by atomic mass is 10.0. The van der Waals surface area contributed by atoms with E-state index in [0.717, 1.165) is 37.1 Å². The van der Waals surface area contributed by atoms with Crippen LogP contribution >= 0.6 is 0 Å². The number of halogens is 1. The Labute approximate surface area is 165 Å². The third kappa shape index (κ3) is 3.16. The van der Waals surface area contributed by atoms with Crippen LogP contribution in [0.25, 0.3) is 11.0 Å². The van der Waals surface area contributed by atoms with E-state index in [0.29, 0.717) is 30.2 Å². The Hall–Kier alpha value is -3.23. The first-order valence-corrected chi connectivity index (χ1v) is 9.82. The van der Waals surface area contributed by atoms with Crippen LogP contribution in [0.15, 0.2) is 35.5 Å². The molecule has 150 valence electrons. The van der Waals surface area contributed by atoms with E-state index in [1.165, 1.54) is 23.3 Å². The number of rotatable bonds is 3. The molecular weight excluding hydrogens is 375 g/mol. The first kappa shape index (κ1) is 17.8. The number of fused-ring (bicyclic) bond motifs is 2. The zero-order valence-corrected chi connectivity index (χ0v) is 15.8. The smallest absolute Gasteiger partial charge is 0.261 e. The molecule has 1 fully saturated rings. The predicted octanol–water partition coefficient (Wildman–Crippen LogP) is 1.31. The van der Waals surface area contributed by atoms with Gasteiger partial charge in [0.15, 0.2) is 5.65 Å². The average molecular weight is 396 g/mol. The minimum absolute atomic E-state index is 0.0283. The maximum atomic E-state index is 13.5. The van der Waals surface area contributed by atoms with Gasteiger partial charge in [0.25, 0.3) is 5.56 Å². The van der Waals surface area contributed by atoms with Crippen molar-refractivity contribution in [1.29, 1.82) is 0 Å². The number of amides is 1. The lowest BCUT2D eigenvalue weighted by molar-refractivity contribution is -0.133. The third-order valence-corrected chi connectivity index (χ3v) is 5.95. The summed E-state index contributed by atoms with van der Waals surface area (Å²) < 4.78 is 14.9. The standard InChI is InChI=1S/C20H21FN6O2/c21-14-1-2-17-13(9-14)3-8-26(17)15-4-6-25(7-5-15)18(28)11-27-19-16(10-24-27)20(29)23-12-22-19/h1-2,9-10,12,15H,3-8,11H2,(H,22,23,29). The normalized spacial score (nSPS) is 17.1. The van der Waals surface area contributed by atoms with Crippen molar-refractivity contribution in [2.24, 2.45) is 0 Å². The van der Waals surface area contributed by atoms with Crippen molar-refractivity contribution < 1.29 is 9.18 Å². The molecule has 9 heteroatoms. The fourth-order valence-electron chi connectivity index (χ4n) is 4.45. The van der Waals surface area contributed by atoms with Crippen molar-refractivity contribution in [3.05, 3.63) is 52.5 Å². The minimum Gasteiger partial charge on any atom is -0.368 e. The number of anilines is 1. The monoisotopic (exact) mass is 396 g/mol. The number of hydrogen-bond acceptors (Lipinski definition) is 5. The van der Waals surface area contributed by atoms with Crippen LogP contribution < -0.4 is 10.5 Å². The summed E-state index contributed by atoms with van der Waals surface area (Å²) in [5.74, 6) is -0.215. The number of aromatic nitrogens is 4. The van der Waals surface area contributed by atoms with Crippen molar-refractivity contribution in [1.82, 2.24) is 24.6 Å². The Morgan fingerprint density at radius 3 is 2.90 bits per heavy atom. The van der Waals surface area contributed by atoms with Crippen LogP contribution in [0.5, 0.6) is 0 Å². The minimum atomic E-state index is -0.264. The number of hydrogen-bond donors (Lipinski definition) is 1. The molecular formula is C20H21FN6O2. The summed E-state index contributed by atoms with van der Waals surface area (Å²) in [4.78, 5) is 35.4. The molecule has 2 aliphatic rings. The van der Waals surface area contributed by atoms with E-state index < -0.39 is 0 Å². The van der Waals surface area contributed by atoms with Gasteiger partial charge in [0.2, 0.25) is 5.91 Å². The molecule has 0 unspecified atom stereocenters. The van der Waals surface area contributed by atoms with E-state index >= 15 is 0 Å². The molecule has 4 heterocycles. The number of likely N-dealkylation sites (tertiary alicyclic amines) is 1. The highest BCUT2D eigenvalue weighted by Gasteiger charge is 2.31. The molecule has 1 saturated heterocycles. The fraction of sp³-hybridized carbons (Fsp3) is 0.400. The SMILES string of the molecule is O=C(Cn1ncc2c(=O)[nH]cnc21)N1CCC(N2CCc3cc(F)ccc32)CC1. The van der Waals surface area contributed by atoms with E-state index in [9.17, 15) is 14.0 Å². The molecule has 0 spiro atoms. The van der Waals surface area contributed by atoms with Crippen molar-refractivity contribution in [2.45, 2.75) is 31.8 Å². The van der Waals surface area contributed by atoms with E-state index in [2.05, 4.69) is 20.0 Å². The molecule has 2 aliphatic heterocycles. The summed E-state index contributed by atoms with van der Waals surface area (Å²) in [6.07, 6.45) is 5.37. The van der Waals surface area contributed by atoms with Gasteiger partial charge in [-0.3, -0.25) is 9.59 Å².